The van der Waals surface area contributed by atoms with Crippen LogP contribution in [0.25, 0.3) is 5.57 Å². The summed E-state index contributed by atoms with van der Waals surface area (Å²) in [6, 6.07) is 2.34. The monoisotopic (exact) mass is 703 g/mol. The van der Waals surface area contributed by atoms with Crippen LogP contribution in [0.3, 0.4) is 0 Å². The molecule has 0 spiro atoms. The van der Waals surface area contributed by atoms with Crippen molar-refractivity contribution in [1.29, 1.82) is 0 Å². The molecule has 0 saturated carbocycles. The van der Waals surface area contributed by atoms with Crippen molar-refractivity contribution in [1.82, 2.24) is 9.80 Å². The molecule has 3 unspecified atom stereocenters. The first kappa shape index (κ1) is 40.2. The summed E-state index contributed by atoms with van der Waals surface area (Å²) in [4.78, 5) is 39.8. The van der Waals surface area contributed by atoms with E-state index in [2.05, 4.69) is 6.58 Å². The number of hydrogen-bond acceptors (Lipinski definition) is 6. The lowest BCUT2D eigenvalue weighted by Crippen LogP contribution is -2.53. The van der Waals surface area contributed by atoms with Crippen molar-refractivity contribution in [3.05, 3.63) is 82.4 Å². The van der Waals surface area contributed by atoms with Crippen LogP contribution in [0.5, 0.6) is 5.75 Å². The molecule has 274 valence electrons. The molecule has 12 heteroatoms. The van der Waals surface area contributed by atoms with Crippen molar-refractivity contribution >= 4 is 23.9 Å². The van der Waals surface area contributed by atoms with Gasteiger partial charge in [-0.2, -0.15) is 13.2 Å². The highest BCUT2D eigenvalue weighted by atomic mass is 19.4. The molecule has 0 bridgehead atoms. The molecule has 2 heterocycles. The Hall–Kier alpha value is -4.19. The molecule has 2 aliphatic heterocycles. The maximum absolute atomic E-state index is 15.1. The van der Waals surface area contributed by atoms with Crippen LogP contribution in [0.2, 0.25) is 0 Å². The average molecular weight is 704 g/mol. The highest BCUT2D eigenvalue weighted by Crippen LogP contribution is 2.38. The quantitative estimate of drug-likeness (QED) is 0.100. The van der Waals surface area contributed by atoms with E-state index in [4.69, 9.17) is 15.2 Å². The second-order valence-electron chi connectivity index (χ2n) is 13.3. The van der Waals surface area contributed by atoms with Crippen molar-refractivity contribution in [2.24, 2.45) is 17.6 Å². The number of nitrogens with two attached hydrogens (primary N) is 1. The molecule has 1 saturated heterocycles. The third kappa shape index (κ3) is 10.4. The Labute approximate surface area is 292 Å². The number of esters is 1. The van der Waals surface area contributed by atoms with Crippen LogP contribution in [0, 0.1) is 25.7 Å². The maximum Gasteiger partial charge on any atom is 0.416 e. The van der Waals surface area contributed by atoms with E-state index < -0.39 is 41.4 Å². The lowest BCUT2D eigenvalue weighted by atomic mass is 9.82. The minimum Gasteiger partial charge on any atom is -0.497 e. The number of benzene rings is 1. The second kappa shape index (κ2) is 17.6. The number of allylic oxidation sites excluding steroid dienone is 6. The van der Waals surface area contributed by atoms with Gasteiger partial charge in [0.25, 0.3) is 0 Å². The van der Waals surface area contributed by atoms with Crippen LogP contribution in [0.15, 0.2) is 65.7 Å². The number of halogens is 4. The van der Waals surface area contributed by atoms with E-state index in [1.807, 2.05) is 44.7 Å². The summed E-state index contributed by atoms with van der Waals surface area (Å²) < 4.78 is 68.8. The zero-order valence-corrected chi connectivity index (χ0v) is 29.7. The van der Waals surface area contributed by atoms with E-state index in [0.717, 1.165) is 33.9 Å². The summed E-state index contributed by atoms with van der Waals surface area (Å²) in [6.45, 7) is 13.7. The summed E-state index contributed by atoms with van der Waals surface area (Å²) in [5, 5.41) is 0. The lowest BCUT2D eigenvalue weighted by Gasteiger charge is -2.46. The van der Waals surface area contributed by atoms with Gasteiger partial charge in [-0.25, -0.2) is 4.39 Å². The first-order valence-corrected chi connectivity index (χ1v) is 16.8. The fourth-order valence-electron chi connectivity index (χ4n) is 6.64. The average Bonchev–Trinajstić information content (AvgIpc) is 3.03. The zero-order valence-electron chi connectivity index (χ0n) is 29.7. The Morgan fingerprint density at radius 1 is 1.20 bits per heavy atom. The number of rotatable bonds is 13. The van der Waals surface area contributed by atoms with Gasteiger partial charge < -0.3 is 20.1 Å². The summed E-state index contributed by atoms with van der Waals surface area (Å²) in [6.07, 6.45) is 1.25. The predicted octanol–water partition coefficient (Wildman–Crippen LogP) is 7.27. The van der Waals surface area contributed by atoms with Crippen LogP contribution in [0.1, 0.15) is 69.6 Å². The van der Waals surface area contributed by atoms with Gasteiger partial charge in [-0.05, 0) is 104 Å². The van der Waals surface area contributed by atoms with Gasteiger partial charge in [-0.15, -0.1) is 0 Å². The number of carbonyl (C=O) groups excluding carboxylic acids is 3. The molecule has 1 fully saturated rings. The molecular formula is C38H49F4N3O5. The van der Waals surface area contributed by atoms with E-state index in [1.54, 1.807) is 13.2 Å². The molecule has 50 heavy (non-hydrogen) atoms. The Morgan fingerprint density at radius 3 is 2.36 bits per heavy atom. The summed E-state index contributed by atoms with van der Waals surface area (Å²) in [7, 11) is 1.57. The van der Waals surface area contributed by atoms with Crippen molar-refractivity contribution in [3.63, 3.8) is 0 Å². The molecule has 2 amide bonds. The van der Waals surface area contributed by atoms with Crippen molar-refractivity contribution in [2.75, 3.05) is 26.8 Å². The highest BCUT2D eigenvalue weighted by molar-refractivity contribution is 5.82. The molecular weight excluding hydrogens is 654 g/mol. The first-order chi connectivity index (χ1) is 23.5. The van der Waals surface area contributed by atoms with Crippen molar-refractivity contribution in [3.8, 4) is 5.75 Å². The molecule has 1 aromatic rings. The predicted molar refractivity (Wildman–Crippen MR) is 185 cm³/mol. The number of carbonyl (C=O) groups is 3. The second-order valence-corrected chi connectivity index (χ2v) is 13.3. The number of nitrogens with zero attached hydrogens (tertiary/aromatic N) is 2. The van der Waals surface area contributed by atoms with Gasteiger partial charge in [0.05, 0.1) is 25.7 Å². The number of cyclic esters (lactones) is 1. The van der Waals surface area contributed by atoms with Gasteiger partial charge in [0.1, 0.15) is 17.6 Å². The van der Waals surface area contributed by atoms with Crippen LogP contribution in [-0.4, -0.2) is 73.2 Å². The Morgan fingerprint density at radius 2 is 1.86 bits per heavy atom. The molecule has 8 nitrogen and oxygen atoms in total. The molecule has 2 N–H and O–H groups in total. The fraction of sp³-hybridized carbons (Fsp3) is 0.500. The highest BCUT2D eigenvalue weighted by Gasteiger charge is 2.39. The smallest absolute Gasteiger partial charge is 0.416 e. The number of likely N-dealkylation sites (tertiary alicyclic amines) is 1. The summed E-state index contributed by atoms with van der Waals surface area (Å²) >= 11 is 0. The van der Waals surface area contributed by atoms with Crippen molar-refractivity contribution in [2.45, 2.75) is 85.0 Å². The summed E-state index contributed by atoms with van der Waals surface area (Å²) in [5.41, 5.74) is 8.12. The Kier molecular flexibility index (Phi) is 14.2. The van der Waals surface area contributed by atoms with E-state index in [-0.39, 0.29) is 56.4 Å². The van der Waals surface area contributed by atoms with Crippen LogP contribution in [0.4, 0.5) is 17.6 Å². The first-order valence-electron chi connectivity index (χ1n) is 16.8. The fourth-order valence-corrected chi connectivity index (χ4v) is 6.64. The SMILES string of the molecule is C=C1/C=C(c2c(C)cc(OC)cc2C)\C=C(/F)CCC(=O)OCC1C1CCN1CCC(=C/N(C=O)C(CC(C)C)C(N)=O)/C(=C\C)C(F)(F)F. The van der Waals surface area contributed by atoms with Crippen molar-refractivity contribution < 1.29 is 41.4 Å². The zero-order chi connectivity index (χ0) is 37.3. The molecule has 3 rings (SSSR count). The van der Waals surface area contributed by atoms with Gasteiger partial charge in [-0.1, -0.05) is 32.6 Å². The number of primary amides is 1. The van der Waals surface area contributed by atoms with Gasteiger partial charge in [0.2, 0.25) is 12.3 Å². The number of hydrogen-bond donors (Lipinski definition) is 1. The topological polar surface area (TPSA) is 102 Å². The molecule has 1 aromatic carbocycles. The molecule has 0 aromatic heterocycles. The normalized spacial score (nSPS) is 22.7. The molecule has 2 aliphatic rings. The minimum atomic E-state index is -4.72. The van der Waals surface area contributed by atoms with E-state index in [9.17, 15) is 27.6 Å². The Balaban J connectivity index is 1.99. The Bertz CT molecular complexity index is 1540. The maximum atomic E-state index is 15.1. The molecule has 3 atom stereocenters. The minimum absolute atomic E-state index is 0.0371. The third-order valence-electron chi connectivity index (χ3n) is 9.22. The summed E-state index contributed by atoms with van der Waals surface area (Å²) in [5.74, 6) is -1.71. The third-order valence-corrected chi connectivity index (χ3v) is 9.22. The van der Waals surface area contributed by atoms with Gasteiger partial charge in [-0.3, -0.25) is 19.3 Å². The van der Waals surface area contributed by atoms with E-state index in [0.29, 0.717) is 36.3 Å². The number of ether oxygens (including phenoxy) is 2. The molecule has 0 radical (unpaired) electrons. The number of amides is 2. The standard InChI is InChI=1S/C38H49F4N3O5/c1-8-32(38(40,41)42)27(20-45(22-46)34(37(43)48)15-23(2)3)11-13-44-14-12-33(44)31-21-50-35(47)10-9-29(39)19-28(16-24(31)4)36-25(5)17-30(49-7)18-26(36)6/h8,16-20,22-23,31,33-34H,4,9-15,21H2,1-3,5-7H3,(H2,43,48)/b27-20-,28-16+,29-19-,32-8+. The number of alkyl halides is 3. The number of aryl methyl sites for hydroxylation is 2. The lowest BCUT2D eigenvalue weighted by molar-refractivity contribution is -0.145. The van der Waals surface area contributed by atoms with Gasteiger partial charge >= 0.3 is 12.1 Å². The number of methoxy groups -OCH3 is 1. The van der Waals surface area contributed by atoms with E-state index >= 15 is 4.39 Å². The van der Waals surface area contributed by atoms with Crippen LogP contribution < -0.4 is 10.5 Å². The van der Waals surface area contributed by atoms with Crippen LogP contribution >= 0.6 is 0 Å². The molecule has 0 aliphatic carbocycles. The van der Waals surface area contributed by atoms with Gasteiger partial charge in [0, 0.05) is 31.1 Å². The largest absolute Gasteiger partial charge is 0.497 e. The van der Waals surface area contributed by atoms with E-state index in [1.165, 1.54) is 13.0 Å². The van der Waals surface area contributed by atoms with Gasteiger partial charge in [0.15, 0.2) is 0 Å². The van der Waals surface area contributed by atoms with Crippen LogP contribution in [-0.2, 0) is 19.1 Å².